The van der Waals surface area contributed by atoms with Crippen molar-refractivity contribution in [2.75, 3.05) is 57.6 Å². The average molecular weight is 705 g/mol. The second kappa shape index (κ2) is 14.3. The van der Waals surface area contributed by atoms with Gasteiger partial charge in [0.2, 0.25) is 5.91 Å². The number of piperazine rings is 1. The van der Waals surface area contributed by atoms with Crippen molar-refractivity contribution in [3.63, 3.8) is 0 Å². The van der Waals surface area contributed by atoms with E-state index in [0.29, 0.717) is 29.9 Å². The van der Waals surface area contributed by atoms with Gasteiger partial charge in [0.1, 0.15) is 5.75 Å². The summed E-state index contributed by atoms with van der Waals surface area (Å²) in [5.41, 5.74) is 0.469. The van der Waals surface area contributed by atoms with Crippen LogP contribution in [0.2, 0.25) is 5.02 Å². The molecule has 2 aliphatic heterocycles. The first kappa shape index (κ1) is 32.2. The van der Waals surface area contributed by atoms with Crippen molar-refractivity contribution in [2.45, 2.75) is 23.8 Å². The molecule has 10 nitrogen and oxygen atoms in total. The summed E-state index contributed by atoms with van der Waals surface area (Å²) in [7, 11) is -1.86. The van der Waals surface area contributed by atoms with Crippen LogP contribution in [0.3, 0.4) is 0 Å². The molecule has 2 N–H and O–H groups in total. The van der Waals surface area contributed by atoms with Crippen LogP contribution in [0.25, 0.3) is 0 Å². The van der Waals surface area contributed by atoms with Gasteiger partial charge < -0.3 is 19.9 Å². The summed E-state index contributed by atoms with van der Waals surface area (Å²) in [5.74, 6) is 0.0508. The molecule has 2 heterocycles. The molecule has 0 aromatic heterocycles. The number of ether oxygens (including phenoxy) is 1. The van der Waals surface area contributed by atoms with Gasteiger partial charge in [0.05, 0.1) is 22.2 Å². The number of amides is 2. The number of sulfonamides is 1. The number of para-hydroxylation sites is 2. The average Bonchev–Trinajstić information content (AvgIpc) is 3.02. The maximum absolute atomic E-state index is 13.2. The SMILES string of the molecule is CN1CCC(N2CCN(C(=O)CNC(=O)c3ccc(S(=O)(=O)Nc4ccccc4Oc4ccc(Br)cc4Cl)cc3)CC2)CC1. The van der Waals surface area contributed by atoms with Gasteiger partial charge in [-0.1, -0.05) is 39.7 Å². The van der Waals surface area contributed by atoms with E-state index in [-0.39, 0.29) is 34.3 Å². The number of nitrogens with one attached hydrogen (secondary N) is 2. The van der Waals surface area contributed by atoms with Crippen LogP contribution < -0.4 is 14.8 Å². The van der Waals surface area contributed by atoms with Crippen molar-refractivity contribution in [1.29, 1.82) is 0 Å². The first-order valence-electron chi connectivity index (χ1n) is 14.4. The number of halogens is 2. The van der Waals surface area contributed by atoms with E-state index >= 15 is 0 Å². The molecule has 0 bridgehead atoms. The molecule has 0 spiro atoms. The van der Waals surface area contributed by atoms with E-state index in [1.807, 2.05) is 0 Å². The monoisotopic (exact) mass is 703 g/mol. The lowest BCUT2D eigenvalue weighted by Crippen LogP contribution is -2.55. The van der Waals surface area contributed by atoms with Gasteiger partial charge in [0.15, 0.2) is 5.75 Å². The van der Waals surface area contributed by atoms with Crippen molar-refractivity contribution in [3.8, 4) is 11.5 Å². The molecule has 0 unspecified atom stereocenters. The Hall–Kier alpha value is -3.16. The Kier molecular flexibility index (Phi) is 10.5. The zero-order valence-corrected chi connectivity index (χ0v) is 27.5. The quantitative estimate of drug-likeness (QED) is 0.334. The molecule has 2 saturated heterocycles. The van der Waals surface area contributed by atoms with Crippen molar-refractivity contribution in [1.82, 2.24) is 20.0 Å². The number of anilines is 1. The number of benzene rings is 3. The molecule has 3 aromatic carbocycles. The highest BCUT2D eigenvalue weighted by atomic mass is 79.9. The summed E-state index contributed by atoms with van der Waals surface area (Å²) in [6.07, 6.45) is 2.31. The molecule has 234 valence electrons. The lowest BCUT2D eigenvalue weighted by molar-refractivity contribution is -0.132. The molecular formula is C31H35BrClN5O5S. The molecule has 2 fully saturated rings. The fourth-order valence-electron chi connectivity index (χ4n) is 5.37. The van der Waals surface area contributed by atoms with Crippen LogP contribution in [-0.4, -0.2) is 93.8 Å². The summed E-state index contributed by atoms with van der Waals surface area (Å²) in [6, 6.07) is 17.8. The highest BCUT2D eigenvalue weighted by Crippen LogP contribution is 2.36. The molecule has 44 heavy (non-hydrogen) atoms. The first-order chi connectivity index (χ1) is 21.1. The highest BCUT2D eigenvalue weighted by Gasteiger charge is 2.28. The maximum atomic E-state index is 13.2. The second-order valence-corrected chi connectivity index (χ2v) is 13.9. The van der Waals surface area contributed by atoms with Crippen molar-refractivity contribution in [3.05, 3.63) is 81.8 Å². The Labute approximate surface area is 271 Å². The third kappa shape index (κ3) is 8.10. The van der Waals surface area contributed by atoms with Gasteiger partial charge in [-0.15, -0.1) is 0 Å². The van der Waals surface area contributed by atoms with Crippen LogP contribution >= 0.6 is 27.5 Å². The van der Waals surface area contributed by atoms with E-state index in [0.717, 1.165) is 43.5 Å². The minimum atomic E-state index is -4.01. The zero-order valence-electron chi connectivity index (χ0n) is 24.3. The molecule has 0 saturated carbocycles. The van der Waals surface area contributed by atoms with Crippen LogP contribution in [0.5, 0.6) is 11.5 Å². The minimum absolute atomic E-state index is 0.0379. The van der Waals surface area contributed by atoms with E-state index in [1.54, 1.807) is 47.4 Å². The molecule has 5 rings (SSSR count). The summed E-state index contributed by atoms with van der Waals surface area (Å²) < 4.78 is 35.6. The van der Waals surface area contributed by atoms with E-state index in [1.165, 1.54) is 24.3 Å². The van der Waals surface area contributed by atoms with Gasteiger partial charge in [-0.25, -0.2) is 8.42 Å². The Morgan fingerprint density at radius 3 is 2.30 bits per heavy atom. The van der Waals surface area contributed by atoms with E-state index < -0.39 is 15.9 Å². The normalized spacial score (nSPS) is 16.8. The maximum Gasteiger partial charge on any atom is 0.262 e. The molecule has 13 heteroatoms. The zero-order chi connectivity index (χ0) is 31.3. The molecule has 0 atom stereocenters. The number of rotatable bonds is 9. The number of likely N-dealkylation sites (tertiary alicyclic amines) is 1. The third-order valence-electron chi connectivity index (χ3n) is 7.94. The second-order valence-electron chi connectivity index (χ2n) is 10.9. The standard InChI is InChI=1S/C31H35BrClN5O5S/c1-36-14-12-24(13-15-36)37-16-18-38(19-17-37)30(39)21-34-31(40)22-6-9-25(10-7-22)44(41,42)35-27-4-2-3-5-29(27)43-28-11-8-23(32)20-26(28)33/h2-11,20,24,35H,12-19,21H2,1H3,(H,34,40). The highest BCUT2D eigenvalue weighted by molar-refractivity contribution is 9.10. The number of hydrogen-bond donors (Lipinski definition) is 2. The van der Waals surface area contributed by atoms with E-state index in [9.17, 15) is 18.0 Å². The van der Waals surface area contributed by atoms with Crippen LogP contribution in [-0.2, 0) is 14.8 Å². The molecule has 0 radical (unpaired) electrons. The fraction of sp³-hybridized carbons (Fsp3) is 0.355. The summed E-state index contributed by atoms with van der Waals surface area (Å²) >= 11 is 9.61. The first-order valence-corrected chi connectivity index (χ1v) is 17.1. The number of nitrogens with zero attached hydrogens (tertiary/aromatic N) is 3. The predicted octanol–water partition coefficient (Wildman–Crippen LogP) is 4.66. The Morgan fingerprint density at radius 1 is 0.932 bits per heavy atom. The van der Waals surface area contributed by atoms with Gasteiger partial charge in [-0.2, -0.15) is 0 Å². The predicted molar refractivity (Wildman–Crippen MR) is 174 cm³/mol. The van der Waals surface area contributed by atoms with Gasteiger partial charge in [-0.05, 0) is 87.6 Å². The smallest absolute Gasteiger partial charge is 0.262 e. The number of carbonyl (C=O) groups excluding carboxylic acids is 2. The van der Waals surface area contributed by atoms with Gasteiger partial charge in [0.25, 0.3) is 15.9 Å². The van der Waals surface area contributed by atoms with Crippen LogP contribution in [0, 0.1) is 0 Å². The van der Waals surface area contributed by atoms with Crippen LogP contribution in [0.4, 0.5) is 5.69 Å². The summed E-state index contributed by atoms with van der Waals surface area (Å²) in [4.78, 5) is 32.1. The van der Waals surface area contributed by atoms with Crippen molar-refractivity contribution in [2.24, 2.45) is 0 Å². The Bertz CT molecular complexity index is 1590. The van der Waals surface area contributed by atoms with Crippen LogP contribution in [0.15, 0.2) is 76.1 Å². The van der Waals surface area contributed by atoms with Crippen LogP contribution in [0.1, 0.15) is 23.2 Å². The number of hydrogen-bond acceptors (Lipinski definition) is 7. The third-order valence-corrected chi connectivity index (χ3v) is 10.1. The molecular weight excluding hydrogens is 670 g/mol. The van der Waals surface area contributed by atoms with Gasteiger partial charge in [0, 0.05) is 42.3 Å². The number of carbonyl (C=O) groups is 2. The van der Waals surface area contributed by atoms with Crippen molar-refractivity contribution < 1.29 is 22.7 Å². The molecule has 0 aliphatic carbocycles. The molecule has 3 aromatic rings. The van der Waals surface area contributed by atoms with Gasteiger partial charge in [-0.3, -0.25) is 19.2 Å². The summed E-state index contributed by atoms with van der Waals surface area (Å²) in [6.45, 7) is 5.05. The van der Waals surface area contributed by atoms with E-state index in [2.05, 4.69) is 42.8 Å². The summed E-state index contributed by atoms with van der Waals surface area (Å²) in [5, 5.41) is 3.03. The van der Waals surface area contributed by atoms with Crippen molar-refractivity contribution >= 4 is 55.1 Å². The molecule has 2 amide bonds. The molecule has 2 aliphatic rings. The van der Waals surface area contributed by atoms with Gasteiger partial charge >= 0.3 is 0 Å². The topological polar surface area (TPSA) is 111 Å². The Balaban J connectivity index is 1.13. The fourth-order valence-corrected chi connectivity index (χ4v) is 7.15. The Morgan fingerprint density at radius 2 is 1.61 bits per heavy atom. The lowest BCUT2D eigenvalue weighted by Gasteiger charge is -2.42. The number of piperidine rings is 1. The largest absolute Gasteiger partial charge is 0.454 e. The van der Waals surface area contributed by atoms with E-state index in [4.69, 9.17) is 16.3 Å². The lowest BCUT2D eigenvalue weighted by atomic mass is 10.0. The minimum Gasteiger partial charge on any atom is -0.454 e.